The van der Waals surface area contributed by atoms with Crippen LogP contribution in [0, 0.1) is 0 Å². The quantitative estimate of drug-likeness (QED) is 0.477. The maximum Gasteiger partial charge on any atom is 0.223 e. The first-order valence-electron chi connectivity index (χ1n) is 8.67. The van der Waals surface area contributed by atoms with E-state index in [1.807, 2.05) is 37.4 Å². The molecular formula is C21H22ClNO2S. The third-order valence-electron chi connectivity index (χ3n) is 4.34. The van der Waals surface area contributed by atoms with Gasteiger partial charge in [0.05, 0.1) is 0 Å². The van der Waals surface area contributed by atoms with Crippen molar-refractivity contribution in [1.82, 2.24) is 4.90 Å². The van der Waals surface area contributed by atoms with Crippen LogP contribution in [0.15, 0.2) is 60.0 Å². The molecule has 1 atom stereocenters. The summed E-state index contributed by atoms with van der Waals surface area (Å²) >= 11 is 7.35. The summed E-state index contributed by atoms with van der Waals surface area (Å²) in [6.07, 6.45) is 1.01. The van der Waals surface area contributed by atoms with Crippen LogP contribution in [0.25, 0.3) is 10.8 Å². The highest BCUT2D eigenvalue weighted by Gasteiger charge is 2.18. The van der Waals surface area contributed by atoms with Crippen molar-refractivity contribution in [2.24, 2.45) is 0 Å². The van der Waals surface area contributed by atoms with Gasteiger partial charge in [-0.15, -0.1) is 22.9 Å². The Labute approximate surface area is 163 Å². The van der Waals surface area contributed by atoms with E-state index < -0.39 is 0 Å². The van der Waals surface area contributed by atoms with Crippen LogP contribution >= 0.6 is 22.9 Å². The molecule has 0 fully saturated rings. The number of thiophene rings is 1. The highest BCUT2D eigenvalue weighted by molar-refractivity contribution is 7.10. The lowest BCUT2D eigenvalue weighted by molar-refractivity contribution is -0.129. The molecule has 0 aliphatic carbocycles. The van der Waals surface area contributed by atoms with Crippen LogP contribution in [0.2, 0.25) is 0 Å². The van der Waals surface area contributed by atoms with E-state index in [9.17, 15) is 4.79 Å². The van der Waals surface area contributed by atoms with Gasteiger partial charge in [-0.3, -0.25) is 4.79 Å². The van der Waals surface area contributed by atoms with Gasteiger partial charge in [-0.1, -0.05) is 42.5 Å². The molecule has 0 N–H and O–H groups in total. The van der Waals surface area contributed by atoms with Crippen LogP contribution in [0.4, 0.5) is 0 Å². The Morgan fingerprint density at radius 3 is 2.73 bits per heavy atom. The van der Waals surface area contributed by atoms with E-state index in [-0.39, 0.29) is 12.0 Å². The monoisotopic (exact) mass is 387 g/mol. The summed E-state index contributed by atoms with van der Waals surface area (Å²) < 4.78 is 6.41. The fourth-order valence-electron chi connectivity index (χ4n) is 2.89. The maximum absolute atomic E-state index is 12.0. The van der Waals surface area contributed by atoms with Gasteiger partial charge in [-0.25, -0.2) is 0 Å². The number of fused-ring (bicyclic) bond motifs is 1. The van der Waals surface area contributed by atoms with Gasteiger partial charge in [0.25, 0.3) is 0 Å². The minimum absolute atomic E-state index is 0.0649. The second kappa shape index (κ2) is 9.06. The molecule has 3 nitrogen and oxygen atoms in total. The highest BCUT2D eigenvalue weighted by Crippen LogP contribution is 2.32. The number of ether oxygens (including phenoxy) is 1. The standard InChI is InChI=1S/C21H22ClNO2S/c1-23(21(24)11-13-22)14-12-19(20-10-5-15-26-20)25-18-9-4-7-16-6-2-3-8-17(16)18/h2-10,15,19H,11-14H2,1H3. The first-order chi connectivity index (χ1) is 12.7. The predicted octanol–water partition coefficient (Wildman–Crippen LogP) is 5.50. The minimum atomic E-state index is -0.0907. The first-order valence-corrected chi connectivity index (χ1v) is 10.1. The van der Waals surface area contributed by atoms with Crippen LogP contribution in [-0.2, 0) is 4.79 Å². The second-order valence-corrected chi connectivity index (χ2v) is 7.50. The van der Waals surface area contributed by atoms with Crippen molar-refractivity contribution in [2.75, 3.05) is 19.5 Å². The lowest BCUT2D eigenvalue weighted by Crippen LogP contribution is -2.29. The highest BCUT2D eigenvalue weighted by atomic mass is 35.5. The van der Waals surface area contributed by atoms with Crippen molar-refractivity contribution in [3.63, 3.8) is 0 Å². The van der Waals surface area contributed by atoms with Crippen LogP contribution in [0.5, 0.6) is 5.75 Å². The number of carbonyl (C=O) groups excluding carboxylic acids is 1. The number of hydrogen-bond donors (Lipinski definition) is 0. The zero-order chi connectivity index (χ0) is 18.4. The Kier molecular flexibility index (Phi) is 6.53. The van der Waals surface area contributed by atoms with Crippen molar-refractivity contribution in [3.8, 4) is 5.75 Å². The molecule has 3 aromatic rings. The van der Waals surface area contributed by atoms with Crippen molar-refractivity contribution in [1.29, 1.82) is 0 Å². The average molecular weight is 388 g/mol. The van der Waals surface area contributed by atoms with Crippen LogP contribution in [0.1, 0.15) is 23.8 Å². The number of hydrogen-bond acceptors (Lipinski definition) is 3. The van der Waals surface area contributed by atoms with Crippen molar-refractivity contribution < 1.29 is 9.53 Å². The van der Waals surface area contributed by atoms with Gasteiger partial charge < -0.3 is 9.64 Å². The van der Waals surface area contributed by atoms with Gasteiger partial charge in [0.1, 0.15) is 11.9 Å². The summed E-state index contributed by atoms with van der Waals surface area (Å²) in [5.74, 6) is 1.29. The van der Waals surface area contributed by atoms with Crippen LogP contribution in [0.3, 0.4) is 0 Å². The molecule has 0 spiro atoms. The lowest BCUT2D eigenvalue weighted by Gasteiger charge is -2.23. The summed E-state index contributed by atoms with van der Waals surface area (Å²) in [4.78, 5) is 14.9. The van der Waals surface area contributed by atoms with Crippen molar-refractivity contribution in [3.05, 3.63) is 64.9 Å². The van der Waals surface area contributed by atoms with Crippen LogP contribution in [-0.4, -0.2) is 30.3 Å². The molecule has 2 aromatic carbocycles. The summed E-state index contributed by atoms with van der Waals surface area (Å²) in [5, 5.41) is 4.31. The van der Waals surface area contributed by atoms with Crippen molar-refractivity contribution >= 4 is 39.6 Å². The minimum Gasteiger partial charge on any atom is -0.484 e. The van der Waals surface area contributed by atoms with Gasteiger partial charge in [0.15, 0.2) is 0 Å². The Bertz CT molecular complexity index is 845. The molecule has 0 aliphatic rings. The van der Waals surface area contributed by atoms with E-state index in [1.54, 1.807) is 16.2 Å². The molecule has 0 saturated heterocycles. The molecule has 0 saturated carbocycles. The van der Waals surface area contributed by atoms with E-state index in [1.165, 1.54) is 0 Å². The lowest BCUT2D eigenvalue weighted by atomic mass is 10.1. The van der Waals surface area contributed by atoms with Crippen molar-refractivity contribution in [2.45, 2.75) is 18.9 Å². The molecule has 0 bridgehead atoms. The molecule has 136 valence electrons. The molecular weight excluding hydrogens is 366 g/mol. The summed E-state index contributed by atoms with van der Waals surface area (Å²) in [7, 11) is 1.82. The molecule has 1 heterocycles. The number of carbonyl (C=O) groups is 1. The number of rotatable bonds is 8. The van der Waals surface area contributed by atoms with Gasteiger partial charge in [-0.05, 0) is 22.9 Å². The van der Waals surface area contributed by atoms with Gasteiger partial charge in [0.2, 0.25) is 5.91 Å². The summed E-state index contributed by atoms with van der Waals surface area (Å²) in [6.45, 7) is 0.628. The van der Waals surface area contributed by atoms with Gasteiger partial charge in [-0.2, -0.15) is 0 Å². The van der Waals surface area contributed by atoms with E-state index in [4.69, 9.17) is 16.3 Å². The third kappa shape index (κ3) is 4.57. The zero-order valence-corrected chi connectivity index (χ0v) is 16.3. The Hall–Kier alpha value is -2.04. The Morgan fingerprint density at radius 2 is 1.96 bits per heavy atom. The number of nitrogens with zero attached hydrogens (tertiary/aromatic N) is 1. The van der Waals surface area contributed by atoms with Crippen LogP contribution < -0.4 is 4.74 Å². The summed E-state index contributed by atoms with van der Waals surface area (Å²) in [5.41, 5.74) is 0. The van der Waals surface area contributed by atoms with E-state index in [0.717, 1.165) is 27.8 Å². The molecule has 1 amide bonds. The molecule has 1 unspecified atom stereocenters. The Morgan fingerprint density at radius 1 is 1.15 bits per heavy atom. The number of amides is 1. The molecule has 0 aliphatic heterocycles. The second-order valence-electron chi connectivity index (χ2n) is 6.14. The Balaban J connectivity index is 1.78. The molecule has 3 rings (SSSR count). The zero-order valence-electron chi connectivity index (χ0n) is 14.7. The third-order valence-corrected chi connectivity index (χ3v) is 5.49. The molecule has 0 radical (unpaired) electrons. The number of alkyl halides is 1. The number of halogens is 1. The first kappa shape index (κ1) is 18.7. The maximum atomic E-state index is 12.0. The molecule has 1 aromatic heterocycles. The SMILES string of the molecule is CN(CCC(Oc1cccc2ccccc12)c1cccs1)C(=O)CCCl. The normalized spacial score (nSPS) is 12.1. The van der Waals surface area contributed by atoms with E-state index in [0.29, 0.717) is 18.8 Å². The molecule has 5 heteroatoms. The van der Waals surface area contributed by atoms with E-state index in [2.05, 4.69) is 29.6 Å². The smallest absolute Gasteiger partial charge is 0.223 e. The average Bonchev–Trinajstić information content (AvgIpc) is 3.19. The van der Waals surface area contributed by atoms with Gasteiger partial charge in [0, 0.05) is 42.6 Å². The summed E-state index contributed by atoms with van der Waals surface area (Å²) in [6, 6.07) is 18.4. The fourth-order valence-corrected chi connectivity index (χ4v) is 3.84. The fraction of sp³-hybridized carbons (Fsp3) is 0.286. The number of benzene rings is 2. The predicted molar refractivity (Wildman–Crippen MR) is 109 cm³/mol. The largest absolute Gasteiger partial charge is 0.484 e. The van der Waals surface area contributed by atoms with Gasteiger partial charge >= 0.3 is 0 Å². The topological polar surface area (TPSA) is 29.5 Å². The molecule has 26 heavy (non-hydrogen) atoms. The van der Waals surface area contributed by atoms with E-state index >= 15 is 0 Å².